The highest BCUT2D eigenvalue weighted by Gasteiger charge is 2.28. The topological polar surface area (TPSA) is 83.5 Å². The number of ether oxygens (including phenoxy) is 5. The van der Waals surface area contributed by atoms with Crippen LogP contribution in [0.5, 0.6) is 17.2 Å². The van der Waals surface area contributed by atoms with Crippen molar-refractivity contribution in [1.82, 2.24) is 4.90 Å². The minimum atomic E-state index is -0.914. The first-order valence-electron chi connectivity index (χ1n) is 7.90. The molecule has 1 aliphatic rings. The van der Waals surface area contributed by atoms with Crippen LogP contribution in [0.1, 0.15) is 17.3 Å². The summed E-state index contributed by atoms with van der Waals surface area (Å²) < 4.78 is 26.2. The molecule has 8 nitrogen and oxygen atoms in total. The Hall–Kier alpha value is -2.48. The quantitative estimate of drug-likeness (QED) is 0.709. The van der Waals surface area contributed by atoms with Crippen molar-refractivity contribution in [3.8, 4) is 17.2 Å². The number of hydrogen-bond donors (Lipinski definition) is 0. The third-order valence-electron chi connectivity index (χ3n) is 3.88. The van der Waals surface area contributed by atoms with Gasteiger partial charge in [-0.1, -0.05) is 0 Å². The number of amides is 1. The molecule has 0 aromatic heterocycles. The van der Waals surface area contributed by atoms with Gasteiger partial charge in [-0.3, -0.25) is 4.79 Å². The number of morpholine rings is 1. The first-order chi connectivity index (χ1) is 12.0. The summed E-state index contributed by atoms with van der Waals surface area (Å²) in [6.45, 7) is 3.48. The molecule has 8 heteroatoms. The van der Waals surface area contributed by atoms with Gasteiger partial charge in [0.05, 0.1) is 34.5 Å². The molecule has 1 amide bonds. The molecule has 1 aromatic carbocycles. The van der Waals surface area contributed by atoms with Crippen molar-refractivity contribution < 1.29 is 33.3 Å². The zero-order chi connectivity index (χ0) is 18.4. The van der Waals surface area contributed by atoms with E-state index >= 15 is 0 Å². The van der Waals surface area contributed by atoms with Crippen LogP contribution >= 0.6 is 0 Å². The molecule has 0 saturated carbocycles. The predicted molar refractivity (Wildman–Crippen MR) is 88.4 cm³/mol. The van der Waals surface area contributed by atoms with Gasteiger partial charge in [0.15, 0.2) is 17.6 Å². The van der Waals surface area contributed by atoms with Crippen molar-refractivity contribution in [3.05, 3.63) is 17.7 Å². The standard InChI is InChI=1S/C17H23NO7/c1-11(16(19)18-7-9-24-10-8-18)25-17(20)12-5-6-13(21-2)15(23-4)14(12)22-3/h5-6,11H,7-10H2,1-4H3/t11-/m1/s1. The summed E-state index contributed by atoms with van der Waals surface area (Å²) in [5.41, 5.74) is 0.154. The van der Waals surface area contributed by atoms with Crippen molar-refractivity contribution in [2.45, 2.75) is 13.0 Å². The summed E-state index contributed by atoms with van der Waals surface area (Å²) >= 11 is 0. The second kappa shape index (κ2) is 8.57. The van der Waals surface area contributed by atoms with E-state index in [4.69, 9.17) is 23.7 Å². The average Bonchev–Trinajstić information content (AvgIpc) is 2.66. The molecule has 1 atom stereocenters. The first-order valence-corrected chi connectivity index (χ1v) is 7.90. The summed E-state index contributed by atoms with van der Waals surface area (Å²) in [7, 11) is 4.34. The van der Waals surface area contributed by atoms with Crippen molar-refractivity contribution >= 4 is 11.9 Å². The van der Waals surface area contributed by atoms with Gasteiger partial charge in [0, 0.05) is 13.1 Å². The number of hydrogen-bond acceptors (Lipinski definition) is 7. The molecule has 2 rings (SSSR count). The van der Waals surface area contributed by atoms with Crippen molar-refractivity contribution in [3.63, 3.8) is 0 Å². The molecule has 1 aromatic rings. The lowest BCUT2D eigenvalue weighted by atomic mass is 10.1. The smallest absolute Gasteiger partial charge is 0.342 e. The second-order valence-corrected chi connectivity index (χ2v) is 5.37. The molecule has 1 aliphatic heterocycles. The van der Waals surface area contributed by atoms with E-state index in [1.165, 1.54) is 27.4 Å². The van der Waals surface area contributed by atoms with Crippen LogP contribution in [0.4, 0.5) is 0 Å². The number of carbonyl (C=O) groups excluding carboxylic acids is 2. The minimum absolute atomic E-state index is 0.154. The Balaban J connectivity index is 2.15. The maximum Gasteiger partial charge on any atom is 0.342 e. The molecule has 0 spiro atoms. The number of esters is 1. The van der Waals surface area contributed by atoms with Crippen LogP contribution < -0.4 is 14.2 Å². The SMILES string of the molecule is COc1ccc(C(=O)O[C@H](C)C(=O)N2CCOCC2)c(OC)c1OC. The highest BCUT2D eigenvalue weighted by Crippen LogP contribution is 2.40. The van der Waals surface area contributed by atoms with E-state index in [1.54, 1.807) is 17.9 Å². The molecule has 1 fully saturated rings. The van der Waals surface area contributed by atoms with E-state index in [-0.39, 0.29) is 23.0 Å². The van der Waals surface area contributed by atoms with Gasteiger partial charge in [0.1, 0.15) is 5.56 Å². The monoisotopic (exact) mass is 353 g/mol. The van der Waals surface area contributed by atoms with Gasteiger partial charge in [-0.05, 0) is 19.1 Å². The largest absolute Gasteiger partial charge is 0.493 e. The molecule has 0 bridgehead atoms. The van der Waals surface area contributed by atoms with E-state index < -0.39 is 12.1 Å². The predicted octanol–water partition coefficient (Wildman–Crippen LogP) is 1.12. The van der Waals surface area contributed by atoms with Gasteiger partial charge in [-0.2, -0.15) is 0 Å². The van der Waals surface area contributed by atoms with Crippen LogP contribution in [0.2, 0.25) is 0 Å². The zero-order valence-electron chi connectivity index (χ0n) is 14.9. The zero-order valence-corrected chi connectivity index (χ0v) is 14.9. The Morgan fingerprint density at radius 1 is 1.04 bits per heavy atom. The highest BCUT2D eigenvalue weighted by atomic mass is 16.6. The highest BCUT2D eigenvalue weighted by molar-refractivity contribution is 5.96. The van der Waals surface area contributed by atoms with Crippen molar-refractivity contribution in [2.75, 3.05) is 47.6 Å². The average molecular weight is 353 g/mol. The normalized spacial score (nSPS) is 15.3. The molecule has 138 valence electrons. The number of nitrogens with zero attached hydrogens (tertiary/aromatic N) is 1. The van der Waals surface area contributed by atoms with Crippen LogP contribution in [0.3, 0.4) is 0 Å². The molecular formula is C17H23NO7. The molecule has 0 aliphatic carbocycles. The summed E-state index contributed by atoms with van der Waals surface area (Å²) in [5, 5.41) is 0. The first kappa shape index (κ1) is 18.9. The fourth-order valence-corrected chi connectivity index (χ4v) is 2.58. The molecule has 1 saturated heterocycles. The van der Waals surface area contributed by atoms with Gasteiger partial charge < -0.3 is 28.6 Å². The van der Waals surface area contributed by atoms with Crippen molar-refractivity contribution in [2.24, 2.45) is 0 Å². The number of carbonyl (C=O) groups is 2. The van der Waals surface area contributed by atoms with Crippen LogP contribution in [0.25, 0.3) is 0 Å². The molecular weight excluding hydrogens is 330 g/mol. The Kier molecular flexibility index (Phi) is 6.46. The number of benzene rings is 1. The fraction of sp³-hybridized carbons (Fsp3) is 0.529. The summed E-state index contributed by atoms with van der Waals surface area (Å²) in [6, 6.07) is 3.08. The fourth-order valence-electron chi connectivity index (χ4n) is 2.58. The lowest BCUT2D eigenvalue weighted by molar-refractivity contribution is -0.143. The lowest BCUT2D eigenvalue weighted by Gasteiger charge is -2.29. The molecule has 0 radical (unpaired) electrons. The minimum Gasteiger partial charge on any atom is -0.493 e. The third-order valence-corrected chi connectivity index (χ3v) is 3.88. The molecule has 0 N–H and O–H groups in total. The van der Waals surface area contributed by atoms with E-state index in [2.05, 4.69) is 0 Å². The van der Waals surface area contributed by atoms with Gasteiger partial charge in [-0.15, -0.1) is 0 Å². The van der Waals surface area contributed by atoms with E-state index in [0.29, 0.717) is 32.1 Å². The van der Waals surface area contributed by atoms with Crippen molar-refractivity contribution in [1.29, 1.82) is 0 Å². The van der Waals surface area contributed by atoms with E-state index in [9.17, 15) is 9.59 Å². The molecule has 25 heavy (non-hydrogen) atoms. The number of methoxy groups -OCH3 is 3. The molecule has 0 unspecified atom stereocenters. The summed E-state index contributed by atoms with van der Waals surface area (Å²) in [6.07, 6.45) is -0.914. The van der Waals surface area contributed by atoms with Gasteiger partial charge in [-0.25, -0.2) is 4.79 Å². The Morgan fingerprint density at radius 3 is 2.24 bits per heavy atom. The van der Waals surface area contributed by atoms with Crippen LogP contribution in [0.15, 0.2) is 12.1 Å². The summed E-state index contributed by atoms with van der Waals surface area (Å²) in [4.78, 5) is 26.5. The Labute approximate surface area is 146 Å². The van der Waals surface area contributed by atoms with Crippen LogP contribution in [-0.2, 0) is 14.3 Å². The Bertz CT molecular complexity index is 626. The van der Waals surface area contributed by atoms with Crippen LogP contribution in [0, 0.1) is 0 Å². The second-order valence-electron chi connectivity index (χ2n) is 5.37. The Morgan fingerprint density at radius 2 is 1.68 bits per heavy atom. The number of rotatable bonds is 6. The van der Waals surface area contributed by atoms with Gasteiger partial charge in [0.2, 0.25) is 5.75 Å². The summed E-state index contributed by atoms with van der Waals surface area (Å²) in [5.74, 6) is -0.0270. The maximum atomic E-state index is 12.5. The van der Waals surface area contributed by atoms with Gasteiger partial charge >= 0.3 is 5.97 Å². The van der Waals surface area contributed by atoms with E-state index in [1.807, 2.05) is 0 Å². The third kappa shape index (κ3) is 4.14. The van der Waals surface area contributed by atoms with E-state index in [0.717, 1.165) is 0 Å². The van der Waals surface area contributed by atoms with Gasteiger partial charge in [0.25, 0.3) is 5.91 Å². The molecule has 1 heterocycles. The maximum absolute atomic E-state index is 12.5. The van der Waals surface area contributed by atoms with Crippen LogP contribution in [-0.4, -0.2) is 70.5 Å². The lowest BCUT2D eigenvalue weighted by Crippen LogP contribution is -2.46.